The largest absolute Gasteiger partial charge is 0.339 e. The van der Waals surface area contributed by atoms with Crippen molar-refractivity contribution in [1.29, 1.82) is 0 Å². The van der Waals surface area contributed by atoms with Gasteiger partial charge in [-0.25, -0.2) is 0 Å². The molecular weight excluding hydrogens is 330 g/mol. The molecule has 1 atom stereocenters. The van der Waals surface area contributed by atoms with E-state index in [1.807, 2.05) is 12.1 Å². The number of nitrogens with zero attached hydrogens (tertiary/aromatic N) is 2. The lowest BCUT2D eigenvalue weighted by Gasteiger charge is -2.11. The molecule has 2 rings (SSSR count). The molecule has 0 fully saturated rings. The lowest BCUT2D eigenvalue weighted by Crippen LogP contribution is -2.09. The Kier molecular flexibility index (Phi) is 6.39. The molecule has 1 aromatic heterocycles. The Labute approximate surface area is 134 Å². The first kappa shape index (κ1) is 16.2. The van der Waals surface area contributed by atoms with Crippen LogP contribution in [0.2, 0.25) is 0 Å². The summed E-state index contributed by atoms with van der Waals surface area (Å²) >= 11 is 3.43. The van der Waals surface area contributed by atoms with Crippen molar-refractivity contribution < 1.29 is 4.52 Å². The highest BCUT2D eigenvalue weighted by Crippen LogP contribution is 2.16. The highest BCUT2D eigenvalue weighted by atomic mass is 79.9. The molecule has 0 spiro atoms. The normalized spacial score (nSPS) is 12.5. The fraction of sp³-hybridized carbons (Fsp3) is 0.500. The topological polar surface area (TPSA) is 64.9 Å². The van der Waals surface area contributed by atoms with Crippen LogP contribution in [0.3, 0.4) is 0 Å². The maximum Gasteiger partial charge on any atom is 0.226 e. The van der Waals surface area contributed by atoms with Gasteiger partial charge in [-0.3, -0.25) is 0 Å². The van der Waals surface area contributed by atoms with Gasteiger partial charge in [0, 0.05) is 17.3 Å². The van der Waals surface area contributed by atoms with Gasteiger partial charge in [0.2, 0.25) is 5.89 Å². The van der Waals surface area contributed by atoms with Crippen molar-refractivity contribution in [1.82, 2.24) is 10.1 Å². The Bertz CT molecular complexity index is 539. The van der Waals surface area contributed by atoms with E-state index >= 15 is 0 Å². The highest BCUT2D eigenvalue weighted by Gasteiger charge is 2.11. The zero-order valence-corrected chi connectivity index (χ0v) is 14.0. The summed E-state index contributed by atoms with van der Waals surface area (Å²) in [5.74, 6) is 2.13. The second-order valence-electron chi connectivity index (χ2n) is 5.30. The second-order valence-corrected chi connectivity index (χ2v) is 6.21. The molecule has 0 radical (unpaired) electrons. The zero-order valence-electron chi connectivity index (χ0n) is 12.4. The van der Waals surface area contributed by atoms with Gasteiger partial charge in [-0.05, 0) is 43.0 Å². The minimum absolute atomic E-state index is 0.650. The maximum absolute atomic E-state index is 5.62. The fourth-order valence-corrected chi connectivity index (χ4v) is 2.63. The minimum Gasteiger partial charge on any atom is -0.339 e. The molecule has 5 heteroatoms. The number of aryl methyl sites for hydroxylation is 1. The van der Waals surface area contributed by atoms with Crippen molar-refractivity contribution >= 4 is 15.9 Å². The van der Waals surface area contributed by atoms with Crippen LogP contribution in [0.5, 0.6) is 0 Å². The number of benzene rings is 1. The van der Waals surface area contributed by atoms with Crippen molar-refractivity contribution in [2.75, 3.05) is 6.54 Å². The number of rotatable bonds is 8. The molecule has 0 aliphatic carbocycles. The first-order valence-corrected chi connectivity index (χ1v) is 8.26. The third kappa shape index (κ3) is 5.25. The number of nitrogens with two attached hydrogens (primary N) is 1. The van der Waals surface area contributed by atoms with Crippen LogP contribution < -0.4 is 5.73 Å². The van der Waals surface area contributed by atoms with E-state index in [1.165, 1.54) is 5.56 Å². The third-order valence-electron chi connectivity index (χ3n) is 3.70. The second kappa shape index (κ2) is 8.29. The summed E-state index contributed by atoms with van der Waals surface area (Å²) in [4.78, 5) is 4.47. The summed E-state index contributed by atoms with van der Waals surface area (Å²) in [6.45, 7) is 2.95. The monoisotopic (exact) mass is 351 g/mol. The number of hydrogen-bond donors (Lipinski definition) is 1. The van der Waals surface area contributed by atoms with Crippen molar-refractivity contribution in [2.45, 2.75) is 39.0 Å². The van der Waals surface area contributed by atoms with Gasteiger partial charge in [0.25, 0.3) is 0 Å². The van der Waals surface area contributed by atoms with E-state index in [0.717, 1.165) is 48.4 Å². The van der Waals surface area contributed by atoms with Gasteiger partial charge in [0.1, 0.15) is 0 Å². The molecule has 0 bridgehead atoms. The Morgan fingerprint density at radius 1 is 1.24 bits per heavy atom. The fourth-order valence-electron chi connectivity index (χ4n) is 2.36. The van der Waals surface area contributed by atoms with Crippen LogP contribution >= 0.6 is 15.9 Å². The van der Waals surface area contributed by atoms with Crippen LogP contribution in [0, 0.1) is 5.92 Å². The summed E-state index contributed by atoms with van der Waals surface area (Å²) < 4.78 is 6.41. The Balaban J connectivity index is 1.87. The Morgan fingerprint density at radius 3 is 2.67 bits per heavy atom. The summed E-state index contributed by atoms with van der Waals surface area (Å²) in [7, 11) is 0. The zero-order chi connectivity index (χ0) is 15.1. The minimum atomic E-state index is 0.650. The third-order valence-corrected chi connectivity index (χ3v) is 4.23. The van der Waals surface area contributed by atoms with Gasteiger partial charge in [0.15, 0.2) is 5.82 Å². The summed E-state index contributed by atoms with van der Waals surface area (Å²) in [5.41, 5.74) is 6.80. The molecule has 1 unspecified atom stereocenters. The van der Waals surface area contributed by atoms with Gasteiger partial charge >= 0.3 is 0 Å². The van der Waals surface area contributed by atoms with E-state index in [4.69, 9.17) is 10.3 Å². The molecule has 0 aliphatic heterocycles. The standard InChI is InChI=1S/C16H22BrN3O/c1-2-12(9-10-18)5-8-16-19-15(20-21-16)11-13-3-6-14(17)7-4-13/h3-4,6-7,12H,2,5,8-11,18H2,1H3. The van der Waals surface area contributed by atoms with E-state index in [9.17, 15) is 0 Å². The predicted molar refractivity (Wildman–Crippen MR) is 87.0 cm³/mol. The average molecular weight is 352 g/mol. The van der Waals surface area contributed by atoms with Crippen LogP contribution in [0.25, 0.3) is 0 Å². The molecule has 0 aliphatic rings. The molecule has 0 saturated carbocycles. The van der Waals surface area contributed by atoms with E-state index < -0.39 is 0 Å². The van der Waals surface area contributed by atoms with E-state index in [2.05, 4.69) is 45.1 Å². The van der Waals surface area contributed by atoms with E-state index in [0.29, 0.717) is 12.3 Å². The smallest absolute Gasteiger partial charge is 0.226 e. The van der Waals surface area contributed by atoms with Crippen LogP contribution in [0.1, 0.15) is 43.5 Å². The first-order chi connectivity index (χ1) is 10.2. The van der Waals surface area contributed by atoms with Crippen LogP contribution in [0.4, 0.5) is 0 Å². The molecule has 4 nitrogen and oxygen atoms in total. The molecule has 0 amide bonds. The molecular formula is C16H22BrN3O. The Hall–Kier alpha value is -1.20. The van der Waals surface area contributed by atoms with Crippen LogP contribution in [-0.2, 0) is 12.8 Å². The number of aromatic nitrogens is 2. The molecule has 0 saturated heterocycles. The van der Waals surface area contributed by atoms with Gasteiger partial charge in [-0.1, -0.05) is 46.6 Å². The Morgan fingerprint density at radius 2 is 2.00 bits per heavy atom. The molecule has 1 aromatic carbocycles. The SMILES string of the molecule is CCC(CCN)CCc1nc(Cc2ccc(Br)cc2)no1. The van der Waals surface area contributed by atoms with Crippen LogP contribution in [-0.4, -0.2) is 16.7 Å². The molecule has 2 N–H and O–H groups in total. The molecule has 2 aromatic rings. The van der Waals surface area contributed by atoms with Gasteiger partial charge < -0.3 is 10.3 Å². The van der Waals surface area contributed by atoms with Crippen molar-refractivity contribution in [3.63, 3.8) is 0 Å². The first-order valence-electron chi connectivity index (χ1n) is 7.47. The molecule has 1 heterocycles. The van der Waals surface area contributed by atoms with E-state index in [1.54, 1.807) is 0 Å². The van der Waals surface area contributed by atoms with Crippen molar-refractivity contribution in [3.8, 4) is 0 Å². The van der Waals surface area contributed by atoms with E-state index in [-0.39, 0.29) is 0 Å². The predicted octanol–water partition coefficient (Wildman–Crippen LogP) is 3.73. The van der Waals surface area contributed by atoms with Gasteiger partial charge in [0.05, 0.1) is 0 Å². The maximum atomic E-state index is 5.62. The number of hydrogen-bond acceptors (Lipinski definition) is 4. The summed E-state index contributed by atoms with van der Waals surface area (Å²) in [6.07, 6.45) is 4.82. The lowest BCUT2D eigenvalue weighted by atomic mass is 9.97. The van der Waals surface area contributed by atoms with Crippen molar-refractivity contribution in [2.24, 2.45) is 11.7 Å². The molecule has 114 valence electrons. The number of halogens is 1. The average Bonchev–Trinajstić information content (AvgIpc) is 2.93. The van der Waals surface area contributed by atoms with Crippen LogP contribution in [0.15, 0.2) is 33.3 Å². The summed E-state index contributed by atoms with van der Waals surface area (Å²) in [5, 5.41) is 4.06. The molecule has 21 heavy (non-hydrogen) atoms. The quantitative estimate of drug-likeness (QED) is 0.786. The lowest BCUT2D eigenvalue weighted by molar-refractivity contribution is 0.351. The summed E-state index contributed by atoms with van der Waals surface area (Å²) in [6, 6.07) is 8.17. The van der Waals surface area contributed by atoms with Gasteiger partial charge in [-0.2, -0.15) is 4.98 Å². The van der Waals surface area contributed by atoms with Crippen molar-refractivity contribution in [3.05, 3.63) is 46.0 Å². The highest BCUT2D eigenvalue weighted by molar-refractivity contribution is 9.10. The van der Waals surface area contributed by atoms with Gasteiger partial charge in [-0.15, -0.1) is 0 Å².